The lowest BCUT2D eigenvalue weighted by atomic mass is 10.2. The molecule has 14 heavy (non-hydrogen) atoms. The first-order valence-electron chi connectivity index (χ1n) is 4.46. The Hall–Kier alpha value is -0.800. The third kappa shape index (κ3) is 3.52. The van der Waals surface area contributed by atoms with Gasteiger partial charge in [-0.3, -0.25) is 0 Å². The second-order valence-corrected chi connectivity index (χ2v) is 3.63. The van der Waals surface area contributed by atoms with E-state index in [9.17, 15) is 4.39 Å². The van der Waals surface area contributed by atoms with E-state index in [4.69, 9.17) is 16.7 Å². The van der Waals surface area contributed by atoms with Crippen LogP contribution in [0.5, 0.6) is 0 Å². The van der Waals surface area contributed by atoms with Gasteiger partial charge in [-0.25, -0.2) is 4.39 Å². The molecule has 1 aromatic carbocycles. The number of benzene rings is 1. The molecule has 0 saturated heterocycles. The molecule has 78 valence electrons. The summed E-state index contributed by atoms with van der Waals surface area (Å²) in [5.74, 6) is -0.372. The van der Waals surface area contributed by atoms with Gasteiger partial charge in [0.05, 0.1) is 11.8 Å². The van der Waals surface area contributed by atoms with Crippen LogP contribution in [0.4, 0.5) is 10.1 Å². The van der Waals surface area contributed by atoms with Crippen LogP contribution in [0.1, 0.15) is 13.3 Å². The van der Waals surface area contributed by atoms with Gasteiger partial charge in [0.2, 0.25) is 0 Å². The molecule has 2 nitrogen and oxygen atoms in total. The van der Waals surface area contributed by atoms with E-state index < -0.39 is 0 Å². The molecule has 0 amide bonds. The Labute approximate surface area is 87.7 Å². The van der Waals surface area contributed by atoms with Gasteiger partial charge in [-0.2, -0.15) is 0 Å². The summed E-state index contributed by atoms with van der Waals surface area (Å²) in [5, 5.41) is 12.2. The molecule has 4 heteroatoms. The second-order valence-electron chi connectivity index (χ2n) is 3.19. The second kappa shape index (κ2) is 5.17. The van der Waals surface area contributed by atoms with Gasteiger partial charge in [0.15, 0.2) is 0 Å². The molecule has 0 aliphatic rings. The highest BCUT2D eigenvalue weighted by atomic mass is 35.5. The Kier molecular flexibility index (Phi) is 4.17. The van der Waals surface area contributed by atoms with E-state index in [0.29, 0.717) is 23.7 Å². The minimum Gasteiger partial charge on any atom is -0.393 e. The van der Waals surface area contributed by atoms with Crippen molar-refractivity contribution < 1.29 is 9.50 Å². The van der Waals surface area contributed by atoms with Gasteiger partial charge in [0.1, 0.15) is 5.82 Å². The predicted molar refractivity (Wildman–Crippen MR) is 56.2 cm³/mol. The van der Waals surface area contributed by atoms with Crippen LogP contribution < -0.4 is 5.32 Å². The molecule has 0 aliphatic carbocycles. The van der Waals surface area contributed by atoms with E-state index in [1.54, 1.807) is 19.1 Å². The Balaban J connectivity index is 2.51. The van der Waals surface area contributed by atoms with E-state index in [1.807, 2.05) is 0 Å². The largest absolute Gasteiger partial charge is 0.393 e. The van der Waals surface area contributed by atoms with Gasteiger partial charge in [0.25, 0.3) is 0 Å². The molecule has 0 fully saturated rings. The first kappa shape index (κ1) is 11.3. The lowest BCUT2D eigenvalue weighted by Gasteiger charge is -2.08. The van der Waals surface area contributed by atoms with Crippen molar-refractivity contribution >= 4 is 17.3 Å². The fourth-order valence-electron chi connectivity index (χ4n) is 1.05. The van der Waals surface area contributed by atoms with Crippen molar-refractivity contribution in [2.45, 2.75) is 19.4 Å². The third-order valence-electron chi connectivity index (χ3n) is 1.81. The number of hydrogen-bond donors (Lipinski definition) is 2. The lowest BCUT2D eigenvalue weighted by molar-refractivity contribution is 0.188. The number of anilines is 1. The third-order valence-corrected chi connectivity index (χ3v) is 2.04. The highest BCUT2D eigenvalue weighted by molar-refractivity contribution is 6.30. The maximum Gasteiger partial charge on any atom is 0.147 e. The van der Waals surface area contributed by atoms with Gasteiger partial charge in [0, 0.05) is 11.6 Å². The molecule has 1 unspecified atom stereocenters. The van der Waals surface area contributed by atoms with Crippen LogP contribution in [0.2, 0.25) is 5.02 Å². The lowest BCUT2D eigenvalue weighted by Crippen LogP contribution is -2.10. The van der Waals surface area contributed by atoms with Crippen LogP contribution in [-0.2, 0) is 0 Å². The monoisotopic (exact) mass is 217 g/mol. The zero-order valence-corrected chi connectivity index (χ0v) is 8.68. The number of hydrogen-bond acceptors (Lipinski definition) is 2. The van der Waals surface area contributed by atoms with E-state index in [0.717, 1.165) is 0 Å². The Bertz CT molecular complexity index is 304. The van der Waals surface area contributed by atoms with Crippen molar-refractivity contribution in [2.75, 3.05) is 11.9 Å². The topological polar surface area (TPSA) is 32.3 Å². The molecule has 1 aromatic rings. The number of halogens is 2. The summed E-state index contributed by atoms with van der Waals surface area (Å²) in [6.45, 7) is 2.23. The number of aliphatic hydroxyl groups is 1. The highest BCUT2D eigenvalue weighted by Gasteiger charge is 2.02. The van der Waals surface area contributed by atoms with Crippen LogP contribution in [0.3, 0.4) is 0 Å². The average molecular weight is 218 g/mol. The fraction of sp³-hybridized carbons (Fsp3) is 0.400. The van der Waals surface area contributed by atoms with Crippen LogP contribution >= 0.6 is 11.6 Å². The summed E-state index contributed by atoms with van der Waals surface area (Å²) in [5.41, 5.74) is 0.412. The molecule has 0 radical (unpaired) electrons. The summed E-state index contributed by atoms with van der Waals surface area (Å²) in [6.07, 6.45) is 0.208. The molecular formula is C10H13ClFNO. The van der Waals surface area contributed by atoms with Gasteiger partial charge < -0.3 is 10.4 Å². The van der Waals surface area contributed by atoms with Crippen LogP contribution in [0.25, 0.3) is 0 Å². The summed E-state index contributed by atoms with van der Waals surface area (Å²) in [7, 11) is 0. The van der Waals surface area contributed by atoms with Crippen molar-refractivity contribution in [1.82, 2.24) is 0 Å². The molecule has 1 rings (SSSR count). The van der Waals surface area contributed by atoms with Crippen molar-refractivity contribution in [1.29, 1.82) is 0 Å². The minimum atomic E-state index is -0.377. The first-order chi connectivity index (χ1) is 6.59. The van der Waals surface area contributed by atoms with Gasteiger partial charge >= 0.3 is 0 Å². The Morgan fingerprint density at radius 1 is 1.57 bits per heavy atom. The van der Waals surface area contributed by atoms with Gasteiger partial charge in [-0.1, -0.05) is 11.6 Å². The molecular weight excluding hydrogens is 205 g/mol. The van der Waals surface area contributed by atoms with Crippen LogP contribution in [0.15, 0.2) is 18.2 Å². The van der Waals surface area contributed by atoms with Crippen molar-refractivity contribution in [3.63, 3.8) is 0 Å². The number of rotatable bonds is 4. The Morgan fingerprint density at radius 3 is 2.86 bits per heavy atom. The number of nitrogens with one attached hydrogen (secondary N) is 1. The maximum atomic E-state index is 13.2. The van der Waals surface area contributed by atoms with E-state index in [1.165, 1.54) is 6.07 Å². The van der Waals surface area contributed by atoms with Gasteiger partial charge in [-0.15, -0.1) is 0 Å². The highest BCUT2D eigenvalue weighted by Crippen LogP contribution is 2.18. The summed E-state index contributed by atoms with van der Waals surface area (Å²) < 4.78 is 13.2. The van der Waals surface area contributed by atoms with E-state index in [-0.39, 0.29) is 11.9 Å². The van der Waals surface area contributed by atoms with Crippen molar-refractivity contribution in [3.05, 3.63) is 29.0 Å². The quantitative estimate of drug-likeness (QED) is 0.813. The van der Waals surface area contributed by atoms with Gasteiger partial charge in [-0.05, 0) is 31.5 Å². The van der Waals surface area contributed by atoms with Crippen LogP contribution in [0, 0.1) is 5.82 Å². The first-order valence-corrected chi connectivity index (χ1v) is 4.84. The summed E-state index contributed by atoms with van der Waals surface area (Å²) in [4.78, 5) is 0. The molecule has 0 saturated carbocycles. The standard InChI is InChI=1S/C10H13ClFNO/c1-7(14)4-5-13-10-3-2-8(11)6-9(10)12/h2-3,6-7,13-14H,4-5H2,1H3. The maximum absolute atomic E-state index is 13.2. The molecule has 0 aliphatic heterocycles. The van der Waals surface area contributed by atoms with E-state index in [2.05, 4.69) is 5.32 Å². The van der Waals surface area contributed by atoms with Crippen molar-refractivity contribution in [3.8, 4) is 0 Å². The van der Waals surface area contributed by atoms with Crippen LogP contribution in [-0.4, -0.2) is 17.8 Å². The molecule has 0 spiro atoms. The minimum absolute atomic E-state index is 0.372. The average Bonchev–Trinajstić information content (AvgIpc) is 2.08. The smallest absolute Gasteiger partial charge is 0.147 e. The normalized spacial score (nSPS) is 12.6. The fourth-order valence-corrected chi connectivity index (χ4v) is 1.21. The predicted octanol–water partition coefficient (Wildman–Crippen LogP) is 2.66. The zero-order chi connectivity index (χ0) is 10.6. The molecule has 2 N–H and O–H groups in total. The zero-order valence-electron chi connectivity index (χ0n) is 7.93. The molecule has 0 bridgehead atoms. The summed E-state index contributed by atoms with van der Waals surface area (Å²) in [6, 6.07) is 4.46. The summed E-state index contributed by atoms with van der Waals surface area (Å²) >= 11 is 5.59. The molecule has 1 atom stereocenters. The number of aliphatic hydroxyl groups excluding tert-OH is 1. The van der Waals surface area contributed by atoms with E-state index >= 15 is 0 Å². The van der Waals surface area contributed by atoms with Crippen molar-refractivity contribution in [2.24, 2.45) is 0 Å². The SMILES string of the molecule is CC(O)CCNc1ccc(Cl)cc1F. The molecule has 0 aromatic heterocycles. The Morgan fingerprint density at radius 2 is 2.29 bits per heavy atom. The molecule has 0 heterocycles.